The number of aliphatic carboxylic acids is 1. The Balaban J connectivity index is 1.97. The van der Waals surface area contributed by atoms with Crippen molar-refractivity contribution < 1.29 is 19.1 Å². The Kier molecular flexibility index (Phi) is 3.17. The van der Waals surface area contributed by atoms with E-state index >= 15 is 0 Å². The molecular formula is C15H14ClNO4. The molecule has 1 aromatic heterocycles. The monoisotopic (exact) mass is 307 g/mol. The average Bonchev–Trinajstić information content (AvgIpc) is 2.73. The van der Waals surface area contributed by atoms with Crippen LogP contribution >= 0.6 is 11.6 Å². The van der Waals surface area contributed by atoms with Crippen LogP contribution in [0.3, 0.4) is 0 Å². The fraction of sp³-hybridized carbons (Fsp3) is 0.333. The minimum absolute atomic E-state index is 0.116. The van der Waals surface area contributed by atoms with Crippen molar-refractivity contribution in [1.82, 2.24) is 5.32 Å². The van der Waals surface area contributed by atoms with Gasteiger partial charge in [0.25, 0.3) is 5.91 Å². The van der Waals surface area contributed by atoms with Crippen molar-refractivity contribution in [1.29, 1.82) is 0 Å². The Morgan fingerprint density at radius 2 is 2.10 bits per heavy atom. The number of carboxylic acids is 1. The lowest BCUT2D eigenvalue weighted by Gasteiger charge is -2.37. The van der Waals surface area contributed by atoms with Gasteiger partial charge in [0, 0.05) is 10.9 Å². The third-order valence-electron chi connectivity index (χ3n) is 4.09. The van der Waals surface area contributed by atoms with Crippen LogP contribution in [0, 0.1) is 6.92 Å². The van der Waals surface area contributed by atoms with Crippen LogP contribution in [0.4, 0.5) is 0 Å². The number of carbonyl (C=O) groups is 2. The van der Waals surface area contributed by atoms with Crippen LogP contribution in [-0.2, 0) is 4.79 Å². The molecule has 0 radical (unpaired) electrons. The third-order valence-corrected chi connectivity index (χ3v) is 4.39. The number of furan rings is 1. The van der Waals surface area contributed by atoms with Gasteiger partial charge in [0.15, 0.2) is 11.3 Å². The van der Waals surface area contributed by atoms with Gasteiger partial charge in [0.1, 0.15) is 5.54 Å². The molecule has 5 nitrogen and oxygen atoms in total. The van der Waals surface area contributed by atoms with Crippen LogP contribution in [0.15, 0.2) is 22.6 Å². The summed E-state index contributed by atoms with van der Waals surface area (Å²) in [5, 5.41) is 13.0. The van der Waals surface area contributed by atoms with E-state index in [4.69, 9.17) is 16.0 Å². The first-order valence-electron chi connectivity index (χ1n) is 6.68. The van der Waals surface area contributed by atoms with E-state index in [1.165, 1.54) is 0 Å². The number of carboxylic acid groups (broad SMARTS) is 1. The molecule has 0 bridgehead atoms. The predicted octanol–water partition coefficient (Wildman–Crippen LogP) is 3.13. The number of para-hydroxylation sites is 1. The Bertz CT molecular complexity index is 745. The van der Waals surface area contributed by atoms with E-state index in [-0.39, 0.29) is 5.76 Å². The van der Waals surface area contributed by atoms with Gasteiger partial charge in [-0.15, -0.1) is 0 Å². The summed E-state index contributed by atoms with van der Waals surface area (Å²) < 4.78 is 5.55. The summed E-state index contributed by atoms with van der Waals surface area (Å²) in [4.78, 5) is 23.7. The van der Waals surface area contributed by atoms with Gasteiger partial charge in [0.05, 0.1) is 5.02 Å². The maximum Gasteiger partial charge on any atom is 0.329 e. The Morgan fingerprint density at radius 3 is 2.62 bits per heavy atom. The first-order valence-corrected chi connectivity index (χ1v) is 7.06. The van der Waals surface area contributed by atoms with E-state index in [1.807, 2.05) is 6.07 Å². The van der Waals surface area contributed by atoms with Gasteiger partial charge in [0.2, 0.25) is 0 Å². The van der Waals surface area contributed by atoms with Gasteiger partial charge in [-0.05, 0) is 32.3 Å². The average molecular weight is 308 g/mol. The fourth-order valence-corrected chi connectivity index (χ4v) is 2.84. The molecule has 2 aromatic rings. The number of hydrogen-bond acceptors (Lipinski definition) is 3. The molecule has 110 valence electrons. The highest BCUT2D eigenvalue weighted by atomic mass is 35.5. The Labute approximate surface area is 125 Å². The number of carbonyl (C=O) groups excluding carboxylic acids is 1. The standard InChI is InChI=1S/C15H14ClNO4/c1-8-9-4-2-5-10(16)12(9)21-11(8)13(18)17-15(14(19)20)6-3-7-15/h2,4-5H,3,6-7H2,1H3,(H,17,18)(H,19,20). The molecule has 21 heavy (non-hydrogen) atoms. The zero-order chi connectivity index (χ0) is 15.2. The van der Waals surface area contributed by atoms with Gasteiger partial charge in [-0.25, -0.2) is 4.79 Å². The van der Waals surface area contributed by atoms with Crippen LogP contribution in [0.25, 0.3) is 11.0 Å². The molecule has 1 amide bonds. The summed E-state index contributed by atoms with van der Waals surface area (Å²) in [6.45, 7) is 1.76. The zero-order valence-corrected chi connectivity index (χ0v) is 12.2. The molecular weight excluding hydrogens is 294 g/mol. The van der Waals surface area contributed by atoms with Crippen LogP contribution in [0.1, 0.15) is 35.4 Å². The summed E-state index contributed by atoms with van der Waals surface area (Å²) >= 11 is 6.05. The summed E-state index contributed by atoms with van der Waals surface area (Å²) in [5.74, 6) is -1.40. The summed E-state index contributed by atoms with van der Waals surface area (Å²) in [5.41, 5.74) is -0.0589. The summed E-state index contributed by atoms with van der Waals surface area (Å²) in [6.07, 6.45) is 1.67. The highest BCUT2D eigenvalue weighted by Crippen LogP contribution is 2.34. The highest BCUT2D eigenvalue weighted by Gasteiger charge is 2.46. The lowest BCUT2D eigenvalue weighted by atomic mass is 9.76. The van der Waals surface area contributed by atoms with Crippen molar-refractivity contribution in [2.45, 2.75) is 31.7 Å². The molecule has 1 aliphatic carbocycles. The number of rotatable bonds is 3. The first kappa shape index (κ1) is 13.9. The predicted molar refractivity (Wildman–Crippen MR) is 77.6 cm³/mol. The van der Waals surface area contributed by atoms with E-state index in [0.29, 0.717) is 29.0 Å². The topological polar surface area (TPSA) is 79.5 Å². The number of aryl methyl sites for hydroxylation is 1. The molecule has 3 rings (SSSR count). The van der Waals surface area contributed by atoms with Gasteiger partial charge in [-0.2, -0.15) is 0 Å². The second kappa shape index (κ2) is 4.77. The van der Waals surface area contributed by atoms with Crippen molar-refractivity contribution in [2.75, 3.05) is 0 Å². The number of hydrogen-bond donors (Lipinski definition) is 2. The van der Waals surface area contributed by atoms with E-state index < -0.39 is 17.4 Å². The van der Waals surface area contributed by atoms with Gasteiger partial charge in [-0.1, -0.05) is 23.7 Å². The van der Waals surface area contributed by atoms with Crippen LogP contribution < -0.4 is 5.32 Å². The molecule has 6 heteroatoms. The lowest BCUT2D eigenvalue weighted by molar-refractivity contribution is -0.148. The SMILES string of the molecule is Cc1c(C(=O)NC2(C(=O)O)CCC2)oc2c(Cl)cccc12. The number of fused-ring (bicyclic) bond motifs is 1. The van der Waals surface area contributed by atoms with Crippen molar-refractivity contribution in [3.63, 3.8) is 0 Å². The molecule has 0 unspecified atom stereocenters. The van der Waals surface area contributed by atoms with E-state index in [2.05, 4.69) is 5.32 Å². The van der Waals surface area contributed by atoms with Gasteiger partial charge < -0.3 is 14.8 Å². The molecule has 1 aliphatic rings. The van der Waals surface area contributed by atoms with Crippen molar-refractivity contribution >= 4 is 34.4 Å². The van der Waals surface area contributed by atoms with Crippen molar-refractivity contribution in [3.8, 4) is 0 Å². The first-order chi connectivity index (χ1) is 9.94. The van der Waals surface area contributed by atoms with Crippen molar-refractivity contribution in [2.24, 2.45) is 0 Å². The molecule has 0 atom stereocenters. The highest BCUT2D eigenvalue weighted by molar-refractivity contribution is 6.35. The molecule has 0 saturated heterocycles. The third kappa shape index (κ3) is 2.08. The van der Waals surface area contributed by atoms with E-state index in [1.54, 1.807) is 19.1 Å². The molecule has 1 aromatic carbocycles. The fourth-order valence-electron chi connectivity index (χ4n) is 2.62. The number of amides is 1. The minimum Gasteiger partial charge on any atom is -0.480 e. The maximum absolute atomic E-state index is 12.3. The minimum atomic E-state index is -1.16. The second-order valence-electron chi connectivity index (χ2n) is 5.37. The van der Waals surface area contributed by atoms with Gasteiger partial charge in [-0.3, -0.25) is 4.79 Å². The smallest absolute Gasteiger partial charge is 0.329 e. The largest absolute Gasteiger partial charge is 0.480 e. The van der Waals surface area contributed by atoms with E-state index in [0.717, 1.165) is 11.8 Å². The number of nitrogens with one attached hydrogen (secondary N) is 1. The molecule has 0 aliphatic heterocycles. The Morgan fingerprint density at radius 1 is 1.38 bits per heavy atom. The zero-order valence-electron chi connectivity index (χ0n) is 11.4. The van der Waals surface area contributed by atoms with E-state index in [9.17, 15) is 14.7 Å². The van der Waals surface area contributed by atoms with Gasteiger partial charge >= 0.3 is 5.97 Å². The summed E-state index contributed by atoms with van der Waals surface area (Å²) in [7, 11) is 0. The normalized spacial score (nSPS) is 16.5. The number of halogens is 1. The molecule has 2 N–H and O–H groups in total. The van der Waals surface area contributed by atoms with Crippen molar-refractivity contribution in [3.05, 3.63) is 34.5 Å². The summed E-state index contributed by atoms with van der Waals surface area (Å²) in [6, 6.07) is 5.27. The van der Waals surface area contributed by atoms with Crippen LogP contribution in [0.5, 0.6) is 0 Å². The maximum atomic E-state index is 12.3. The van der Waals surface area contributed by atoms with Crippen LogP contribution in [-0.4, -0.2) is 22.5 Å². The van der Waals surface area contributed by atoms with Crippen LogP contribution in [0.2, 0.25) is 5.02 Å². The molecule has 1 heterocycles. The quantitative estimate of drug-likeness (QED) is 0.913. The lowest BCUT2D eigenvalue weighted by Crippen LogP contribution is -2.59. The Hall–Kier alpha value is -2.01. The molecule has 0 spiro atoms. The second-order valence-corrected chi connectivity index (χ2v) is 5.77. The number of benzene rings is 1. The molecule has 1 saturated carbocycles. The molecule has 1 fully saturated rings.